The predicted octanol–water partition coefficient (Wildman–Crippen LogP) is 10.4. The molecule has 0 spiro atoms. The second kappa shape index (κ2) is 13.1. The van der Waals surface area contributed by atoms with Crippen molar-refractivity contribution in [3.63, 3.8) is 0 Å². The number of anilines is 3. The molecule has 0 saturated heterocycles. The van der Waals surface area contributed by atoms with Crippen molar-refractivity contribution in [1.82, 2.24) is 9.55 Å². The molecule has 6 heteroatoms. The van der Waals surface area contributed by atoms with Crippen LogP contribution in [0.3, 0.4) is 0 Å². The van der Waals surface area contributed by atoms with Gasteiger partial charge in [0.05, 0.1) is 11.4 Å². The van der Waals surface area contributed by atoms with Crippen LogP contribution in [0.4, 0.5) is 17.1 Å². The van der Waals surface area contributed by atoms with Gasteiger partial charge in [-0.3, -0.25) is 0 Å². The fraction of sp³-hybridized carbons (Fsp3) is 0.231. The summed E-state index contributed by atoms with van der Waals surface area (Å²) in [5.41, 5.74) is 5.66. The van der Waals surface area contributed by atoms with Crippen molar-refractivity contribution in [2.45, 2.75) is 52.4 Å². The van der Waals surface area contributed by atoms with Gasteiger partial charge in [0, 0.05) is 55.4 Å². The molecular weight excluding hydrogens is 736 g/mol. The smallest absolute Gasteiger partial charge is 0.135 e. The zero-order valence-electron chi connectivity index (χ0n) is 29.8. The Morgan fingerprint density at radius 2 is 1.47 bits per heavy atom. The summed E-state index contributed by atoms with van der Waals surface area (Å²) >= 11 is 0. The Bertz CT molecular complexity index is 2060. The normalized spacial score (nSPS) is 12.8. The van der Waals surface area contributed by atoms with E-state index in [1.807, 2.05) is 48.7 Å². The fourth-order valence-electron chi connectivity index (χ4n) is 5.24. The molecule has 4 aromatic carbocycles. The van der Waals surface area contributed by atoms with Crippen molar-refractivity contribution in [2.24, 2.45) is 0 Å². The number of para-hydroxylation sites is 3. The molecule has 0 atom stereocenters. The standard InChI is InChI=1S/C38H38N4O.CH3.Pt/c1-37(2,3)25-18-19-40-36(22-25)42-34-15-11-8-12-30(34)31-17-16-28(24-35(31)42)43-29-21-26(38(4,5)6)20-27(23-29)41-33-14-10-9-13-32(33)39-7;;/h8-22,39,41H,1-7H3;1H3;/q-2;-1;/i7D3;;. The number of aromatic nitrogens is 2. The second-order valence-corrected chi connectivity index (χ2v) is 12.9. The molecule has 0 saturated carbocycles. The number of hydrogen-bond donors (Lipinski definition) is 2. The molecule has 0 aliphatic heterocycles. The Morgan fingerprint density at radius 1 is 0.756 bits per heavy atom. The molecular formula is C39H41N4OPt-3. The Balaban J connectivity index is 0.00000260. The van der Waals surface area contributed by atoms with Gasteiger partial charge in [0.25, 0.3) is 0 Å². The monoisotopic (exact) mass is 779 g/mol. The number of pyridine rings is 1. The zero-order chi connectivity index (χ0) is 32.9. The Morgan fingerprint density at radius 3 is 2.20 bits per heavy atom. The Labute approximate surface area is 286 Å². The van der Waals surface area contributed by atoms with E-state index in [2.05, 4.69) is 99.2 Å². The molecule has 45 heavy (non-hydrogen) atoms. The molecule has 0 fully saturated rings. The minimum Gasteiger partial charge on any atom is -0.509 e. The topological polar surface area (TPSA) is 51.1 Å². The summed E-state index contributed by atoms with van der Waals surface area (Å²) in [4.78, 5) is 4.78. The van der Waals surface area contributed by atoms with Crippen molar-refractivity contribution in [3.05, 3.63) is 122 Å². The minimum absolute atomic E-state index is 0. The van der Waals surface area contributed by atoms with Crippen LogP contribution in [0.5, 0.6) is 11.5 Å². The van der Waals surface area contributed by atoms with E-state index in [1.165, 1.54) is 5.56 Å². The molecule has 236 valence electrons. The van der Waals surface area contributed by atoms with E-state index < -0.39 is 6.98 Å². The quantitative estimate of drug-likeness (QED) is 0.165. The largest absolute Gasteiger partial charge is 0.509 e. The first kappa shape index (κ1) is 29.6. The molecule has 0 amide bonds. The van der Waals surface area contributed by atoms with Crippen LogP contribution in [-0.2, 0) is 31.9 Å². The van der Waals surface area contributed by atoms with Crippen molar-refractivity contribution in [1.29, 1.82) is 0 Å². The maximum atomic E-state index is 7.68. The number of rotatable bonds is 6. The van der Waals surface area contributed by atoms with Gasteiger partial charge in [-0.1, -0.05) is 83.1 Å². The van der Waals surface area contributed by atoms with Gasteiger partial charge in [-0.2, -0.15) is 6.07 Å². The SMILES string of the molecule is [2H]C([2H])([2H])Nc1ccccc1Nc1[c-]c(Oc2[c-]c3c(cc2)c2ccccc2n3-c2cc(C(C)(C)C)ccn2)cc(C(C)(C)C)c1.[CH3-].[Pt]. The molecule has 2 aromatic heterocycles. The maximum Gasteiger partial charge on any atom is 0.135 e. The molecule has 2 heterocycles. The summed E-state index contributed by atoms with van der Waals surface area (Å²) in [6.45, 7) is 10.7. The van der Waals surface area contributed by atoms with Gasteiger partial charge in [-0.05, 0) is 52.1 Å². The van der Waals surface area contributed by atoms with Crippen LogP contribution < -0.4 is 15.4 Å². The van der Waals surface area contributed by atoms with Crippen molar-refractivity contribution in [3.8, 4) is 17.3 Å². The second-order valence-electron chi connectivity index (χ2n) is 12.9. The van der Waals surface area contributed by atoms with Crippen LogP contribution in [0.25, 0.3) is 27.6 Å². The van der Waals surface area contributed by atoms with Crippen molar-refractivity contribution >= 4 is 38.9 Å². The van der Waals surface area contributed by atoms with Crippen LogP contribution in [-0.4, -0.2) is 16.5 Å². The average molecular weight is 780 g/mol. The number of fused-ring (bicyclic) bond motifs is 3. The van der Waals surface area contributed by atoms with Gasteiger partial charge < -0.3 is 27.4 Å². The first-order valence-corrected chi connectivity index (χ1v) is 14.5. The van der Waals surface area contributed by atoms with Crippen LogP contribution in [0.1, 0.15) is 56.8 Å². The Hall–Kier alpha value is -4.08. The van der Waals surface area contributed by atoms with Crippen LogP contribution >= 0.6 is 0 Å². The van der Waals surface area contributed by atoms with Crippen LogP contribution in [0.2, 0.25) is 0 Å². The zero-order valence-corrected chi connectivity index (χ0v) is 29.1. The maximum absolute atomic E-state index is 7.68. The number of nitrogens with zero attached hydrogens (tertiary/aromatic N) is 2. The number of hydrogen-bond acceptors (Lipinski definition) is 4. The molecule has 0 aliphatic carbocycles. The number of benzene rings is 4. The first-order chi connectivity index (χ1) is 21.7. The van der Waals surface area contributed by atoms with E-state index in [1.54, 1.807) is 12.1 Å². The summed E-state index contributed by atoms with van der Waals surface area (Å²) in [7, 11) is 0. The van der Waals surface area contributed by atoms with Gasteiger partial charge in [-0.15, -0.1) is 41.3 Å². The summed E-state index contributed by atoms with van der Waals surface area (Å²) in [5, 5.41) is 8.13. The molecule has 0 unspecified atom stereocenters. The summed E-state index contributed by atoms with van der Waals surface area (Å²) in [6, 6.07) is 34.6. The van der Waals surface area contributed by atoms with Crippen molar-refractivity contribution < 1.29 is 29.9 Å². The third-order valence-electron chi connectivity index (χ3n) is 7.66. The van der Waals surface area contributed by atoms with E-state index in [-0.39, 0.29) is 39.3 Å². The fourth-order valence-corrected chi connectivity index (χ4v) is 5.24. The van der Waals surface area contributed by atoms with Crippen LogP contribution in [0, 0.1) is 19.6 Å². The van der Waals surface area contributed by atoms with Gasteiger partial charge in [0.15, 0.2) is 0 Å². The van der Waals surface area contributed by atoms with Crippen molar-refractivity contribution in [2.75, 3.05) is 17.6 Å². The van der Waals surface area contributed by atoms with E-state index in [4.69, 9.17) is 13.8 Å². The average Bonchev–Trinajstić information content (AvgIpc) is 3.30. The van der Waals surface area contributed by atoms with Crippen LogP contribution in [0.15, 0.2) is 91.1 Å². The van der Waals surface area contributed by atoms with E-state index in [9.17, 15) is 0 Å². The molecule has 6 aromatic rings. The molecule has 5 nitrogen and oxygen atoms in total. The van der Waals surface area contributed by atoms with E-state index >= 15 is 0 Å². The molecule has 0 bridgehead atoms. The molecule has 0 radical (unpaired) electrons. The predicted molar refractivity (Wildman–Crippen MR) is 186 cm³/mol. The number of nitrogens with one attached hydrogen (secondary N) is 2. The van der Waals surface area contributed by atoms with Gasteiger partial charge >= 0.3 is 0 Å². The molecule has 6 rings (SSSR count). The third kappa shape index (κ3) is 6.94. The summed E-state index contributed by atoms with van der Waals surface area (Å²) in [5.74, 6) is 1.88. The third-order valence-corrected chi connectivity index (χ3v) is 7.66. The molecule has 2 N–H and O–H groups in total. The number of ether oxygens (including phenoxy) is 1. The van der Waals surface area contributed by atoms with Gasteiger partial charge in [0.2, 0.25) is 0 Å². The molecule has 0 aliphatic rings. The van der Waals surface area contributed by atoms with Gasteiger partial charge in [-0.25, -0.2) is 4.98 Å². The summed E-state index contributed by atoms with van der Waals surface area (Å²) < 4.78 is 31.7. The van der Waals surface area contributed by atoms with E-state index in [0.717, 1.165) is 33.2 Å². The Kier molecular flexibility index (Phi) is 8.63. The van der Waals surface area contributed by atoms with E-state index in [0.29, 0.717) is 28.6 Å². The minimum atomic E-state index is -2.33. The summed E-state index contributed by atoms with van der Waals surface area (Å²) in [6.07, 6.45) is 1.87. The first-order valence-electron chi connectivity index (χ1n) is 16.0. The van der Waals surface area contributed by atoms with Gasteiger partial charge in [0.1, 0.15) is 5.82 Å².